The Bertz CT molecular complexity index is 1460. The minimum Gasteiger partial charge on any atom is -0.489 e. The quantitative estimate of drug-likeness (QED) is 0.313. The third-order valence-electron chi connectivity index (χ3n) is 8.25. The summed E-state index contributed by atoms with van der Waals surface area (Å²) in [7, 11) is -1.26. The fraction of sp³-hybridized carbons (Fsp3) is 0.455. The van der Waals surface area contributed by atoms with E-state index in [0.717, 1.165) is 54.3 Å². The van der Waals surface area contributed by atoms with E-state index in [-0.39, 0.29) is 6.10 Å². The molecule has 0 aliphatic carbocycles. The van der Waals surface area contributed by atoms with Gasteiger partial charge >= 0.3 is 0 Å². The van der Waals surface area contributed by atoms with Crippen molar-refractivity contribution >= 4 is 26.9 Å². The molecule has 0 bridgehead atoms. The number of aryl methyl sites for hydroxylation is 1. The first-order valence-electron chi connectivity index (χ1n) is 14.5. The van der Waals surface area contributed by atoms with Gasteiger partial charge in [-0.1, -0.05) is 30.3 Å². The highest BCUT2D eigenvalue weighted by Crippen LogP contribution is 2.44. The summed E-state index contributed by atoms with van der Waals surface area (Å²) in [6.07, 6.45) is 2.33. The van der Waals surface area contributed by atoms with Gasteiger partial charge in [-0.05, 0) is 121 Å². The first-order valence-corrected chi connectivity index (χ1v) is 16.0. The van der Waals surface area contributed by atoms with Crippen LogP contribution in [-0.4, -0.2) is 51.5 Å². The molecule has 6 nitrogen and oxygen atoms in total. The third-order valence-corrected chi connectivity index (χ3v) is 10.4. The summed E-state index contributed by atoms with van der Waals surface area (Å²) in [6, 6.07) is 20.4. The van der Waals surface area contributed by atoms with Gasteiger partial charge in [0.2, 0.25) is 0 Å². The van der Waals surface area contributed by atoms with Gasteiger partial charge in [0.1, 0.15) is 5.75 Å². The highest BCUT2D eigenvalue weighted by molar-refractivity contribution is 7.92. The first-order chi connectivity index (χ1) is 19.1. The number of likely N-dealkylation sites (tertiary alicyclic amines) is 1. The van der Waals surface area contributed by atoms with Crippen LogP contribution in [0, 0.1) is 6.92 Å². The second kappa shape index (κ2) is 11.5. The molecule has 2 aliphatic heterocycles. The van der Waals surface area contributed by atoms with Crippen molar-refractivity contribution in [1.29, 1.82) is 0 Å². The number of anilines is 3. The fourth-order valence-electron chi connectivity index (χ4n) is 6.00. The molecule has 40 heavy (non-hydrogen) atoms. The molecule has 0 saturated carbocycles. The van der Waals surface area contributed by atoms with Gasteiger partial charge in [-0.25, -0.2) is 8.42 Å². The largest absolute Gasteiger partial charge is 0.489 e. The molecule has 0 spiro atoms. The topological polar surface area (TPSA) is 53.1 Å². The van der Waals surface area contributed by atoms with E-state index in [1.54, 1.807) is 19.9 Å². The van der Waals surface area contributed by atoms with Crippen molar-refractivity contribution in [3.8, 4) is 5.75 Å². The lowest BCUT2D eigenvalue weighted by Crippen LogP contribution is -2.41. The number of fused-ring (bicyclic) bond motifs is 1. The zero-order valence-electron chi connectivity index (χ0n) is 24.7. The Morgan fingerprint density at radius 1 is 0.875 bits per heavy atom. The lowest BCUT2D eigenvalue weighted by Gasteiger charge is -2.41. The predicted octanol–water partition coefficient (Wildman–Crippen LogP) is 6.89. The minimum atomic E-state index is -3.46. The molecule has 0 amide bonds. The maximum atomic E-state index is 13.4. The van der Waals surface area contributed by atoms with E-state index in [1.165, 1.54) is 11.1 Å². The van der Waals surface area contributed by atoms with Gasteiger partial charge in [-0.2, -0.15) is 0 Å². The van der Waals surface area contributed by atoms with Gasteiger partial charge in [0, 0.05) is 12.2 Å². The number of hydrogen-bond acceptors (Lipinski definition) is 6. The van der Waals surface area contributed by atoms with E-state index in [9.17, 15) is 8.42 Å². The Kier molecular flexibility index (Phi) is 8.16. The number of para-hydroxylation sites is 2. The van der Waals surface area contributed by atoms with Crippen LogP contribution in [0.5, 0.6) is 5.75 Å². The standard InChI is InChI=1S/C33H43N3O3S/c1-23(2)39-32-20-28(26-15-17-34(6)18-16-26)25(5)19-31(32)36-22-35(21-27-11-7-8-12-29(27)36)30-13-9-10-14-33(30)40(37,38)24(3)4/h7-14,19-20,23-24,26H,15-18,21-22H2,1-6H3. The molecule has 5 rings (SSSR count). The lowest BCUT2D eigenvalue weighted by molar-refractivity contribution is 0.240. The Labute approximate surface area is 240 Å². The van der Waals surface area contributed by atoms with E-state index in [0.29, 0.717) is 24.0 Å². The summed E-state index contributed by atoms with van der Waals surface area (Å²) in [4.78, 5) is 7.26. The van der Waals surface area contributed by atoms with Crippen LogP contribution in [0.3, 0.4) is 0 Å². The molecule has 2 aliphatic rings. The maximum Gasteiger partial charge on any atom is 0.182 e. The molecule has 3 aromatic carbocycles. The molecule has 1 fully saturated rings. The number of sulfone groups is 1. The molecule has 1 saturated heterocycles. The van der Waals surface area contributed by atoms with Crippen LogP contribution in [0.1, 0.15) is 63.1 Å². The summed E-state index contributed by atoms with van der Waals surface area (Å²) < 4.78 is 33.2. The molecule has 0 N–H and O–H groups in total. The van der Waals surface area contributed by atoms with Crippen molar-refractivity contribution in [3.05, 3.63) is 77.4 Å². The second-order valence-corrected chi connectivity index (χ2v) is 14.4. The zero-order chi connectivity index (χ0) is 28.6. The van der Waals surface area contributed by atoms with Gasteiger partial charge < -0.3 is 19.4 Å². The van der Waals surface area contributed by atoms with Crippen LogP contribution in [0.4, 0.5) is 17.1 Å². The molecule has 214 valence electrons. The van der Waals surface area contributed by atoms with Crippen LogP contribution in [0.2, 0.25) is 0 Å². The van der Waals surface area contributed by atoms with Crippen LogP contribution in [-0.2, 0) is 16.4 Å². The van der Waals surface area contributed by atoms with Crippen molar-refractivity contribution in [2.45, 2.75) is 76.2 Å². The van der Waals surface area contributed by atoms with Crippen LogP contribution >= 0.6 is 0 Å². The lowest BCUT2D eigenvalue weighted by atomic mass is 9.86. The molecule has 0 atom stereocenters. The maximum absolute atomic E-state index is 13.4. The smallest absolute Gasteiger partial charge is 0.182 e. The van der Waals surface area contributed by atoms with E-state index >= 15 is 0 Å². The summed E-state index contributed by atoms with van der Waals surface area (Å²) in [5.41, 5.74) is 6.69. The summed E-state index contributed by atoms with van der Waals surface area (Å²) in [5, 5.41) is -0.498. The van der Waals surface area contributed by atoms with Gasteiger partial charge in [0.05, 0.1) is 34.3 Å². The van der Waals surface area contributed by atoms with Crippen LogP contribution in [0.15, 0.2) is 65.6 Å². The first kappa shape index (κ1) is 28.5. The fourth-order valence-corrected chi connectivity index (χ4v) is 7.26. The van der Waals surface area contributed by atoms with E-state index in [1.807, 2.05) is 18.2 Å². The zero-order valence-corrected chi connectivity index (χ0v) is 25.5. The highest BCUT2D eigenvalue weighted by Gasteiger charge is 2.31. The van der Waals surface area contributed by atoms with Crippen molar-refractivity contribution in [2.75, 3.05) is 36.6 Å². The number of nitrogens with zero attached hydrogens (tertiary/aromatic N) is 3. The molecule has 3 aromatic rings. The monoisotopic (exact) mass is 561 g/mol. The molecule has 2 heterocycles. The number of piperidine rings is 1. The highest BCUT2D eigenvalue weighted by atomic mass is 32.2. The number of benzene rings is 3. The Morgan fingerprint density at radius 3 is 2.20 bits per heavy atom. The van der Waals surface area contributed by atoms with Crippen molar-refractivity contribution in [3.63, 3.8) is 0 Å². The number of hydrogen-bond donors (Lipinski definition) is 0. The van der Waals surface area contributed by atoms with Crippen molar-refractivity contribution in [2.24, 2.45) is 0 Å². The van der Waals surface area contributed by atoms with Crippen molar-refractivity contribution in [1.82, 2.24) is 4.90 Å². The predicted molar refractivity (Wildman–Crippen MR) is 165 cm³/mol. The molecular formula is C33H43N3O3S. The van der Waals surface area contributed by atoms with Gasteiger partial charge in [-0.15, -0.1) is 0 Å². The molecule has 0 radical (unpaired) electrons. The minimum absolute atomic E-state index is 0.0276. The van der Waals surface area contributed by atoms with E-state index in [2.05, 4.69) is 78.9 Å². The Hall–Kier alpha value is -3.03. The van der Waals surface area contributed by atoms with E-state index < -0.39 is 15.1 Å². The van der Waals surface area contributed by atoms with E-state index in [4.69, 9.17) is 4.74 Å². The normalized spacial score (nSPS) is 17.0. The third kappa shape index (κ3) is 5.59. The Morgan fingerprint density at radius 2 is 1.52 bits per heavy atom. The molecule has 0 aromatic heterocycles. The number of rotatable bonds is 7. The Balaban J connectivity index is 1.61. The summed E-state index contributed by atoms with van der Waals surface area (Å²) in [6.45, 7) is 13.2. The van der Waals surface area contributed by atoms with Crippen molar-refractivity contribution < 1.29 is 13.2 Å². The molecule has 0 unspecified atom stereocenters. The average molecular weight is 562 g/mol. The summed E-state index contributed by atoms with van der Waals surface area (Å²) >= 11 is 0. The SMILES string of the molecule is Cc1cc(N2CN(c3ccccc3S(=O)(=O)C(C)C)Cc3ccccc32)c(OC(C)C)cc1C1CCN(C)CC1. The van der Waals surface area contributed by atoms with Crippen LogP contribution in [0.25, 0.3) is 0 Å². The van der Waals surface area contributed by atoms with Gasteiger partial charge in [0.15, 0.2) is 9.84 Å². The molecule has 7 heteroatoms. The van der Waals surface area contributed by atoms with Gasteiger partial charge in [-0.3, -0.25) is 0 Å². The van der Waals surface area contributed by atoms with Crippen LogP contribution < -0.4 is 14.5 Å². The average Bonchev–Trinajstić information content (AvgIpc) is 2.93. The summed E-state index contributed by atoms with van der Waals surface area (Å²) in [5.74, 6) is 1.41. The number of ether oxygens (including phenoxy) is 1. The second-order valence-electron chi connectivity index (χ2n) is 11.9. The molecular weight excluding hydrogens is 518 g/mol. The van der Waals surface area contributed by atoms with Gasteiger partial charge in [0.25, 0.3) is 0 Å².